The van der Waals surface area contributed by atoms with Crippen LogP contribution in [-0.2, 0) is 14.3 Å². The van der Waals surface area contributed by atoms with Gasteiger partial charge in [0.15, 0.2) is 0 Å². The maximum atomic E-state index is 12.0. The van der Waals surface area contributed by atoms with Crippen LogP contribution in [0.3, 0.4) is 0 Å². The van der Waals surface area contributed by atoms with E-state index in [9.17, 15) is 4.79 Å². The topological polar surface area (TPSA) is 60.5 Å². The van der Waals surface area contributed by atoms with Crippen molar-refractivity contribution in [2.75, 3.05) is 18.5 Å². The molecule has 0 fully saturated rings. The Bertz CT molecular complexity index is 739. The third kappa shape index (κ3) is 4.20. The summed E-state index contributed by atoms with van der Waals surface area (Å²) in [5.41, 5.74) is 2.52. The summed E-state index contributed by atoms with van der Waals surface area (Å²) in [6, 6.07) is 13.3. The lowest BCUT2D eigenvalue weighted by Gasteiger charge is -2.15. The lowest BCUT2D eigenvalue weighted by Crippen LogP contribution is -2.21. The summed E-state index contributed by atoms with van der Waals surface area (Å²) in [6.45, 7) is 0.844. The van der Waals surface area contributed by atoms with E-state index in [1.165, 1.54) is 6.26 Å². The summed E-state index contributed by atoms with van der Waals surface area (Å²) >= 11 is 0. The highest BCUT2D eigenvalue weighted by atomic mass is 16.6. The van der Waals surface area contributed by atoms with Crippen molar-refractivity contribution in [2.24, 2.45) is 0 Å². The number of hydrogen-bond donors (Lipinski definition) is 1. The monoisotopic (exact) mass is 308 g/mol. The maximum Gasteiger partial charge on any atom is 0.294 e. The fourth-order valence-electron chi connectivity index (χ4n) is 2.06. The van der Waals surface area contributed by atoms with Crippen molar-refractivity contribution in [3.05, 3.63) is 71.9 Å². The zero-order valence-corrected chi connectivity index (χ0v) is 12.4. The molecule has 1 aromatic carbocycles. The number of rotatable bonds is 4. The van der Waals surface area contributed by atoms with Crippen LogP contribution in [0, 0.1) is 0 Å². The maximum absolute atomic E-state index is 12.0. The molecule has 23 heavy (non-hydrogen) atoms. The number of ether oxygens (including phenoxy) is 2. The van der Waals surface area contributed by atoms with Crippen molar-refractivity contribution in [1.29, 1.82) is 0 Å². The highest BCUT2D eigenvalue weighted by Gasteiger charge is 2.14. The Kier molecular flexibility index (Phi) is 4.69. The molecule has 0 unspecified atom stereocenters. The van der Waals surface area contributed by atoms with Crippen LogP contribution in [0.15, 0.2) is 60.7 Å². The van der Waals surface area contributed by atoms with E-state index in [0.717, 1.165) is 11.3 Å². The van der Waals surface area contributed by atoms with Gasteiger partial charge in [-0.2, -0.15) is 0 Å². The molecule has 0 radical (unpaired) electrons. The van der Waals surface area contributed by atoms with Gasteiger partial charge in [0.2, 0.25) is 5.76 Å². The molecule has 0 spiro atoms. The van der Waals surface area contributed by atoms with Gasteiger partial charge in [-0.15, -0.1) is 0 Å². The predicted molar refractivity (Wildman–Crippen MR) is 88.2 cm³/mol. The van der Waals surface area contributed by atoms with E-state index in [1.807, 2.05) is 54.6 Å². The van der Waals surface area contributed by atoms with E-state index in [-0.39, 0.29) is 11.7 Å². The molecule has 1 N–H and O–H groups in total. The summed E-state index contributed by atoms with van der Waals surface area (Å²) in [5.74, 6) is -0.138. The Hall–Kier alpha value is -3.08. The second-order valence-electron chi connectivity index (χ2n) is 4.87. The normalized spacial score (nSPS) is 13.8. The quantitative estimate of drug-likeness (QED) is 0.943. The van der Waals surface area contributed by atoms with Gasteiger partial charge in [-0.1, -0.05) is 24.3 Å². The SMILES string of the molecule is O=C(Nc1cccc(C=Cc2ccccn2)c1)C1=COCCO1. The summed E-state index contributed by atoms with van der Waals surface area (Å²) in [5, 5.41) is 2.79. The van der Waals surface area contributed by atoms with Crippen molar-refractivity contribution in [1.82, 2.24) is 4.98 Å². The van der Waals surface area contributed by atoms with E-state index in [2.05, 4.69) is 10.3 Å². The molecule has 1 aromatic heterocycles. The molecule has 5 heteroatoms. The van der Waals surface area contributed by atoms with Crippen LogP contribution in [0.4, 0.5) is 5.69 Å². The number of pyridine rings is 1. The fourth-order valence-corrected chi connectivity index (χ4v) is 2.06. The van der Waals surface area contributed by atoms with E-state index in [0.29, 0.717) is 18.9 Å². The van der Waals surface area contributed by atoms with E-state index >= 15 is 0 Å². The third-order valence-electron chi connectivity index (χ3n) is 3.15. The molecule has 2 aromatic rings. The third-order valence-corrected chi connectivity index (χ3v) is 3.15. The lowest BCUT2D eigenvalue weighted by molar-refractivity contribution is -0.117. The van der Waals surface area contributed by atoms with Crippen LogP contribution in [0.2, 0.25) is 0 Å². The first-order valence-electron chi connectivity index (χ1n) is 7.26. The van der Waals surface area contributed by atoms with Gasteiger partial charge >= 0.3 is 0 Å². The average molecular weight is 308 g/mol. The molecule has 1 amide bonds. The molecule has 0 aliphatic carbocycles. The molecule has 0 saturated heterocycles. The largest absolute Gasteiger partial charge is 0.494 e. The molecule has 0 bridgehead atoms. The van der Waals surface area contributed by atoms with Gasteiger partial charge in [0.25, 0.3) is 5.91 Å². The van der Waals surface area contributed by atoms with Gasteiger partial charge in [-0.05, 0) is 35.9 Å². The van der Waals surface area contributed by atoms with Gasteiger partial charge in [0.05, 0.1) is 5.69 Å². The van der Waals surface area contributed by atoms with Crippen molar-refractivity contribution >= 4 is 23.7 Å². The van der Waals surface area contributed by atoms with Crippen LogP contribution in [0.1, 0.15) is 11.3 Å². The minimum atomic E-state index is -0.324. The van der Waals surface area contributed by atoms with E-state index in [4.69, 9.17) is 9.47 Å². The number of amides is 1. The molecule has 1 aliphatic heterocycles. The highest BCUT2D eigenvalue weighted by molar-refractivity contribution is 6.02. The van der Waals surface area contributed by atoms with Gasteiger partial charge in [0, 0.05) is 11.9 Å². The number of carbonyl (C=O) groups excluding carboxylic acids is 1. The van der Waals surface area contributed by atoms with Crippen molar-refractivity contribution in [2.45, 2.75) is 0 Å². The van der Waals surface area contributed by atoms with Crippen LogP contribution in [0.5, 0.6) is 0 Å². The van der Waals surface area contributed by atoms with Crippen LogP contribution >= 0.6 is 0 Å². The Morgan fingerprint density at radius 3 is 2.87 bits per heavy atom. The molecule has 3 rings (SSSR count). The summed E-state index contributed by atoms with van der Waals surface area (Å²) in [7, 11) is 0. The molecule has 0 atom stereocenters. The minimum absolute atomic E-state index is 0.186. The van der Waals surface area contributed by atoms with Gasteiger partial charge in [0.1, 0.15) is 19.5 Å². The Morgan fingerprint density at radius 1 is 1.13 bits per heavy atom. The Balaban J connectivity index is 1.69. The Labute approximate surface area is 134 Å². The number of carbonyl (C=O) groups is 1. The lowest BCUT2D eigenvalue weighted by atomic mass is 10.1. The molecular weight excluding hydrogens is 292 g/mol. The summed E-state index contributed by atoms with van der Waals surface area (Å²) in [6.07, 6.45) is 6.94. The predicted octanol–water partition coefficient (Wildman–Crippen LogP) is 3.08. The summed E-state index contributed by atoms with van der Waals surface area (Å²) < 4.78 is 10.3. The number of anilines is 1. The number of hydrogen-bond acceptors (Lipinski definition) is 4. The highest BCUT2D eigenvalue weighted by Crippen LogP contribution is 2.15. The first-order valence-corrected chi connectivity index (χ1v) is 7.26. The van der Waals surface area contributed by atoms with E-state index in [1.54, 1.807) is 6.20 Å². The van der Waals surface area contributed by atoms with Crippen molar-refractivity contribution in [3.8, 4) is 0 Å². The van der Waals surface area contributed by atoms with Crippen LogP contribution < -0.4 is 5.32 Å². The second-order valence-corrected chi connectivity index (χ2v) is 4.87. The zero-order chi connectivity index (χ0) is 15.9. The molecule has 2 heterocycles. The molecule has 1 aliphatic rings. The fraction of sp³-hybridized carbons (Fsp3) is 0.111. The van der Waals surface area contributed by atoms with E-state index < -0.39 is 0 Å². The number of nitrogens with one attached hydrogen (secondary N) is 1. The molecule has 0 saturated carbocycles. The molecule has 116 valence electrons. The second kappa shape index (κ2) is 7.26. The first-order chi connectivity index (χ1) is 11.3. The molecule has 5 nitrogen and oxygen atoms in total. The smallest absolute Gasteiger partial charge is 0.294 e. The number of benzene rings is 1. The molecular formula is C18H16N2O3. The standard InChI is InChI=1S/C18H16N2O3/c21-18(17-13-22-10-11-23-17)20-16-6-3-4-14(12-16)7-8-15-5-1-2-9-19-15/h1-9,12-13H,10-11H2,(H,20,21). The number of nitrogens with zero attached hydrogens (tertiary/aromatic N) is 1. The number of aromatic nitrogens is 1. The zero-order valence-electron chi connectivity index (χ0n) is 12.4. The Morgan fingerprint density at radius 2 is 2.09 bits per heavy atom. The minimum Gasteiger partial charge on any atom is -0.494 e. The first kappa shape index (κ1) is 14.8. The summed E-state index contributed by atoms with van der Waals surface area (Å²) in [4.78, 5) is 16.3. The van der Waals surface area contributed by atoms with Gasteiger partial charge in [-0.3, -0.25) is 9.78 Å². The average Bonchev–Trinajstić information content (AvgIpc) is 2.62. The van der Waals surface area contributed by atoms with Crippen molar-refractivity contribution < 1.29 is 14.3 Å². The van der Waals surface area contributed by atoms with Crippen LogP contribution in [-0.4, -0.2) is 24.1 Å². The van der Waals surface area contributed by atoms with Crippen LogP contribution in [0.25, 0.3) is 12.2 Å². The van der Waals surface area contributed by atoms with Gasteiger partial charge < -0.3 is 14.8 Å². The van der Waals surface area contributed by atoms with Gasteiger partial charge in [-0.25, -0.2) is 0 Å². The van der Waals surface area contributed by atoms with Crippen molar-refractivity contribution in [3.63, 3.8) is 0 Å².